The summed E-state index contributed by atoms with van der Waals surface area (Å²) in [6.07, 6.45) is 2.83. The van der Waals surface area contributed by atoms with Crippen LogP contribution >= 0.6 is 19.5 Å². The van der Waals surface area contributed by atoms with Crippen molar-refractivity contribution < 1.29 is 18.4 Å². The Morgan fingerprint density at radius 3 is 2.25 bits per heavy atom. The zero-order valence-electron chi connectivity index (χ0n) is 19.8. The smallest absolute Gasteiger partial charge is 0.169 e. The van der Waals surface area contributed by atoms with Gasteiger partial charge in [0.1, 0.15) is 11.6 Å². The molecular formula is C29H27ClF2NO2P. The number of nitrogens with zero attached hydrogens (tertiary/aromatic N) is 1. The number of carbonyl (C=O) groups excluding carboxylic acids is 2. The van der Waals surface area contributed by atoms with Crippen LogP contribution in [0, 0.1) is 11.6 Å². The van der Waals surface area contributed by atoms with Gasteiger partial charge < -0.3 is 4.90 Å². The van der Waals surface area contributed by atoms with Gasteiger partial charge in [0.2, 0.25) is 0 Å². The van der Waals surface area contributed by atoms with Crippen LogP contribution in [0.2, 0.25) is 5.02 Å². The molecule has 36 heavy (non-hydrogen) atoms. The fourth-order valence-electron chi connectivity index (χ4n) is 5.29. The largest absolute Gasteiger partial charge is 0.369 e. The fourth-order valence-corrected chi connectivity index (χ4v) is 7.62. The van der Waals surface area contributed by atoms with Crippen molar-refractivity contribution in [2.75, 3.05) is 18.0 Å². The third kappa shape index (κ3) is 5.23. The summed E-state index contributed by atoms with van der Waals surface area (Å²) in [6, 6.07) is 19.6. The van der Waals surface area contributed by atoms with Gasteiger partial charge >= 0.3 is 0 Å². The Morgan fingerprint density at radius 2 is 1.56 bits per heavy atom. The van der Waals surface area contributed by atoms with E-state index in [2.05, 4.69) is 0 Å². The normalized spacial score (nSPS) is 21.1. The van der Waals surface area contributed by atoms with Crippen LogP contribution in [0.25, 0.3) is 0 Å². The van der Waals surface area contributed by atoms with Crippen LogP contribution in [0.1, 0.15) is 54.2 Å². The molecule has 0 saturated carbocycles. The maximum Gasteiger partial charge on any atom is 0.169 e. The number of anilines is 1. The highest BCUT2D eigenvalue weighted by Gasteiger charge is 2.38. The molecule has 0 aliphatic carbocycles. The summed E-state index contributed by atoms with van der Waals surface area (Å²) < 4.78 is 29.1. The minimum absolute atomic E-state index is 0.0376. The van der Waals surface area contributed by atoms with Gasteiger partial charge in [-0.3, -0.25) is 9.59 Å². The molecule has 2 atom stereocenters. The van der Waals surface area contributed by atoms with E-state index in [1.807, 2.05) is 47.4 Å². The molecule has 3 nitrogen and oxygen atoms in total. The number of piperidine rings is 1. The molecule has 2 saturated heterocycles. The van der Waals surface area contributed by atoms with Gasteiger partial charge in [0.25, 0.3) is 0 Å². The van der Waals surface area contributed by atoms with Crippen LogP contribution in [0.5, 0.6) is 0 Å². The SMILES string of the molecule is O=C1CCC(c2ccc(N3CCC(c4ccc(Cl)c(F)c4)CC3)c(F)c2)C(=O)P1Cc1ccccc1. The molecule has 0 spiro atoms. The highest BCUT2D eigenvalue weighted by atomic mass is 35.5. The number of hydrogen-bond donors (Lipinski definition) is 0. The quantitative estimate of drug-likeness (QED) is 0.322. The van der Waals surface area contributed by atoms with Crippen LogP contribution in [0.4, 0.5) is 14.5 Å². The first-order valence-corrected chi connectivity index (χ1v) is 14.2. The van der Waals surface area contributed by atoms with Gasteiger partial charge in [-0.1, -0.05) is 54.1 Å². The van der Waals surface area contributed by atoms with Crippen LogP contribution in [0.15, 0.2) is 66.7 Å². The highest BCUT2D eigenvalue weighted by Crippen LogP contribution is 2.52. The molecule has 2 aliphatic rings. The first-order chi connectivity index (χ1) is 17.4. The van der Waals surface area contributed by atoms with Crippen LogP contribution in [-0.2, 0) is 15.8 Å². The molecule has 186 valence electrons. The van der Waals surface area contributed by atoms with Crippen molar-refractivity contribution in [2.45, 2.75) is 43.7 Å². The topological polar surface area (TPSA) is 37.4 Å². The van der Waals surface area contributed by atoms with Gasteiger partial charge in [-0.05, 0) is 66.1 Å². The summed E-state index contributed by atoms with van der Waals surface area (Å²) in [5, 5.41) is 0.117. The van der Waals surface area contributed by atoms with E-state index >= 15 is 4.39 Å². The van der Waals surface area contributed by atoms with Crippen LogP contribution < -0.4 is 4.90 Å². The molecule has 0 bridgehead atoms. The van der Waals surface area contributed by atoms with Crippen molar-refractivity contribution in [3.8, 4) is 0 Å². The Bertz CT molecular complexity index is 1280. The summed E-state index contributed by atoms with van der Waals surface area (Å²) in [6.45, 7) is 1.31. The molecule has 3 aromatic rings. The van der Waals surface area contributed by atoms with E-state index < -0.39 is 19.7 Å². The second kappa shape index (κ2) is 10.8. The molecule has 2 unspecified atom stereocenters. The second-order valence-corrected chi connectivity index (χ2v) is 12.1. The van der Waals surface area contributed by atoms with E-state index in [1.54, 1.807) is 12.1 Å². The predicted octanol–water partition coefficient (Wildman–Crippen LogP) is 7.61. The van der Waals surface area contributed by atoms with Gasteiger partial charge in [0.15, 0.2) is 11.0 Å². The fraction of sp³-hybridized carbons (Fsp3) is 0.310. The van der Waals surface area contributed by atoms with Gasteiger partial charge in [0.05, 0.1) is 10.7 Å². The summed E-state index contributed by atoms with van der Waals surface area (Å²) in [4.78, 5) is 27.9. The lowest BCUT2D eigenvalue weighted by atomic mass is 9.89. The molecule has 2 fully saturated rings. The van der Waals surface area contributed by atoms with E-state index in [0.717, 1.165) is 24.0 Å². The molecule has 3 aromatic carbocycles. The van der Waals surface area contributed by atoms with E-state index in [4.69, 9.17) is 11.6 Å². The van der Waals surface area contributed by atoms with E-state index in [9.17, 15) is 14.0 Å². The average Bonchev–Trinajstić information content (AvgIpc) is 2.89. The standard InChI is InChI=1S/C29H27ClF2NO2P/c30-24-9-6-21(16-25(24)31)20-12-14-33(15-13-20)27-10-7-22(17-26(27)32)23-8-11-28(34)36(29(23)35)18-19-4-2-1-3-5-19/h1-7,9-10,16-17,20,23H,8,11-15,18H2. The van der Waals surface area contributed by atoms with Crippen LogP contribution in [-0.4, -0.2) is 24.1 Å². The maximum atomic E-state index is 15.3. The molecular weight excluding hydrogens is 499 g/mol. The Balaban J connectivity index is 1.27. The third-order valence-corrected chi connectivity index (χ3v) is 9.98. The van der Waals surface area contributed by atoms with Crippen molar-refractivity contribution >= 4 is 36.3 Å². The van der Waals surface area contributed by atoms with Gasteiger partial charge in [-0.25, -0.2) is 8.78 Å². The van der Waals surface area contributed by atoms with Crippen molar-refractivity contribution in [1.82, 2.24) is 0 Å². The van der Waals surface area contributed by atoms with Crippen molar-refractivity contribution in [3.05, 3.63) is 100 Å². The summed E-state index contributed by atoms with van der Waals surface area (Å²) in [5.41, 5.74) is 3.07. The second-order valence-electron chi connectivity index (χ2n) is 9.54. The lowest BCUT2D eigenvalue weighted by Gasteiger charge is -2.34. The summed E-state index contributed by atoms with van der Waals surface area (Å²) >= 11 is 5.81. The molecule has 0 aromatic heterocycles. The minimum atomic E-state index is -1.44. The monoisotopic (exact) mass is 525 g/mol. The Labute approximate surface area is 216 Å². The van der Waals surface area contributed by atoms with Gasteiger partial charge in [-0.2, -0.15) is 0 Å². The van der Waals surface area contributed by atoms with Gasteiger partial charge in [0, 0.05) is 39.5 Å². The molecule has 0 N–H and O–H groups in total. The minimum Gasteiger partial charge on any atom is -0.369 e. The van der Waals surface area contributed by atoms with E-state index in [1.165, 1.54) is 12.1 Å². The predicted molar refractivity (Wildman–Crippen MR) is 141 cm³/mol. The number of benzene rings is 3. The Hall–Kier alpha value is -2.62. The third-order valence-electron chi connectivity index (χ3n) is 7.32. The summed E-state index contributed by atoms with van der Waals surface area (Å²) in [5.74, 6) is -0.992. The molecule has 0 radical (unpaired) electrons. The van der Waals surface area contributed by atoms with Crippen LogP contribution in [0.3, 0.4) is 0 Å². The maximum absolute atomic E-state index is 15.3. The number of halogens is 3. The first kappa shape index (κ1) is 25.0. The average molecular weight is 526 g/mol. The molecule has 2 heterocycles. The van der Waals surface area contributed by atoms with Crippen molar-refractivity contribution in [2.24, 2.45) is 0 Å². The lowest BCUT2D eigenvalue weighted by molar-refractivity contribution is -0.117. The van der Waals surface area contributed by atoms with E-state index in [0.29, 0.717) is 43.3 Å². The first-order valence-electron chi connectivity index (χ1n) is 12.3. The molecule has 0 amide bonds. The zero-order chi connectivity index (χ0) is 25.2. The zero-order valence-corrected chi connectivity index (χ0v) is 21.5. The summed E-state index contributed by atoms with van der Waals surface area (Å²) in [7, 11) is -1.44. The van der Waals surface area contributed by atoms with E-state index in [-0.39, 0.29) is 27.8 Å². The Kier molecular flexibility index (Phi) is 7.50. The van der Waals surface area contributed by atoms with Gasteiger partial charge in [-0.15, -0.1) is 0 Å². The van der Waals surface area contributed by atoms with Crippen molar-refractivity contribution in [1.29, 1.82) is 0 Å². The Morgan fingerprint density at radius 1 is 0.861 bits per heavy atom. The molecule has 7 heteroatoms. The molecule has 2 aliphatic heterocycles. The van der Waals surface area contributed by atoms with Crippen molar-refractivity contribution in [3.63, 3.8) is 0 Å². The molecule has 5 rings (SSSR count). The lowest BCUT2D eigenvalue weighted by Crippen LogP contribution is -2.33. The number of rotatable bonds is 5. The number of hydrogen-bond acceptors (Lipinski definition) is 3. The highest BCUT2D eigenvalue weighted by molar-refractivity contribution is 7.88. The number of carbonyl (C=O) groups is 2.